The van der Waals surface area contributed by atoms with Crippen molar-refractivity contribution in [2.75, 3.05) is 23.7 Å². The lowest BCUT2D eigenvalue weighted by molar-refractivity contribution is -0.141. The predicted molar refractivity (Wildman–Crippen MR) is 174 cm³/mol. The van der Waals surface area contributed by atoms with Crippen molar-refractivity contribution in [2.45, 2.75) is 75.9 Å². The normalized spacial score (nSPS) is 12.3. The maximum Gasteiger partial charge on any atom is 0.264 e. The quantitative estimate of drug-likeness (QED) is 0.233. The Hall–Kier alpha value is -3.50. The summed E-state index contributed by atoms with van der Waals surface area (Å²) < 4.78 is 34.9. The maximum atomic E-state index is 14.2. The summed E-state index contributed by atoms with van der Waals surface area (Å²) in [6.45, 7) is 11.4. The number of rotatable bonds is 13. The van der Waals surface area contributed by atoms with Crippen LogP contribution in [0.4, 0.5) is 5.69 Å². The summed E-state index contributed by atoms with van der Waals surface area (Å²) in [6.07, 6.45) is 2.27. The van der Waals surface area contributed by atoms with E-state index in [0.717, 1.165) is 20.3 Å². The van der Waals surface area contributed by atoms with Gasteiger partial charge in [-0.25, -0.2) is 8.42 Å². The second-order valence-corrected chi connectivity index (χ2v) is 14.0. The monoisotopic (exact) mass is 625 g/mol. The minimum atomic E-state index is -4.16. The second-order valence-electron chi connectivity index (χ2n) is 11.3. The molecule has 1 N–H and O–H groups in total. The molecule has 3 aromatic carbocycles. The molecule has 2 amide bonds. The minimum absolute atomic E-state index is 0.0646. The molecular formula is C33H43N3O5S2. The van der Waals surface area contributed by atoms with Crippen LogP contribution in [0.2, 0.25) is 0 Å². The molecular weight excluding hydrogens is 583 g/mol. The lowest BCUT2D eigenvalue weighted by Crippen LogP contribution is -2.55. The van der Waals surface area contributed by atoms with Gasteiger partial charge in [0.15, 0.2) is 0 Å². The van der Waals surface area contributed by atoms with E-state index in [1.54, 1.807) is 48.5 Å². The van der Waals surface area contributed by atoms with Crippen LogP contribution in [0.25, 0.3) is 0 Å². The number of ether oxygens (including phenoxy) is 1. The van der Waals surface area contributed by atoms with Crippen molar-refractivity contribution in [1.82, 2.24) is 10.2 Å². The van der Waals surface area contributed by atoms with Gasteiger partial charge in [0.1, 0.15) is 18.3 Å². The molecule has 0 aliphatic rings. The molecule has 0 spiro atoms. The fraction of sp³-hybridized carbons (Fsp3) is 0.394. The molecule has 0 bridgehead atoms. The average molecular weight is 626 g/mol. The zero-order valence-corrected chi connectivity index (χ0v) is 27.7. The summed E-state index contributed by atoms with van der Waals surface area (Å²) in [7, 11) is -4.16. The fourth-order valence-electron chi connectivity index (χ4n) is 4.66. The third kappa shape index (κ3) is 9.24. The Labute approximate surface area is 260 Å². The van der Waals surface area contributed by atoms with Crippen LogP contribution >= 0.6 is 11.8 Å². The van der Waals surface area contributed by atoms with Gasteiger partial charge in [0.2, 0.25) is 11.8 Å². The Morgan fingerprint density at radius 2 is 1.63 bits per heavy atom. The molecule has 10 heteroatoms. The third-order valence-electron chi connectivity index (χ3n) is 6.68. The molecule has 0 saturated carbocycles. The molecule has 0 saturated heterocycles. The molecule has 0 radical (unpaired) electrons. The lowest BCUT2D eigenvalue weighted by atomic mass is 10.0. The van der Waals surface area contributed by atoms with Gasteiger partial charge in [-0.3, -0.25) is 13.9 Å². The summed E-state index contributed by atoms with van der Waals surface area (Å²) in [5.74, 6) is -0.194. The Bertz CT molecular complexity index is 1480. The van der Waals surface area contributed by atoms with Crippen LogP contribution < -0.4 is 14.4 Å². The van der Waals surface area contributed by atoms with Gasteiger partial charge in [-0.2, -0.15) is 0 Å². The predicted octanol–water partition coefficient (Wildman–Crippen LogP) is 6.03. The van der Waals surface area contributed by atoms with Gasteiger partial charge in [0.25, 0.3) is 10.0 Å². The van der Waals surface area contributed by atoms with E-state index in [1.807, 2.05) is 72.1 Å². The molecule has 0 aliphatic carbocycles. The summed E-state index contributed by atoms with van der Waals surface area (Å²) in [5, 5.41) is 2.99. The van der Waals surface area contributed by atoms with Gasteiger partial charge < -0.3 is 15.0 Å². The number of carbonyl (C=O) groups is 2. The van der Waals surface area contributed by atoms with Crippen LogP contribution in [0.5, 0.6) is 5.75 Å². The van der Waals surface area contributed by atoms with Crippen molar-refractivity contribution in [3.63, 3.8) is 0 Å². The molecule has 0 aromatic heterocycles. The van der Waals surface area contributed by atoms with Crippen molar-refractivity contribution in [1.29, 1.82) is 0 Å². The van der Waals surface area contributed by atoms with Crippen molar-refractivity contribution >= 4 is 39.3 Å². The number of aryl methyl sites for hydroxylation is 1. The zero-order chi connectivity index (χ0) is 31.8. The number of anilines is 1. The number of amides is 2. The third-order valence-corrected chi connectivity index (χ3v) is 9.21. The van der Waals surface area contributed by atoms with E-state index in [9.17, 15) is 18.0 Å². The standard InChI is InChI=1S/C33H43N3O5S2/c1-8-30(32(38)34-33(4,5)6)35(22-25-12-10-11-24(3)21-25)31(37)23-36(26-13-15-27(16-14-26)41-9-2)43(39,40)29-19-17-28(42-7)18-20-29/h10-21,30H,8-9,22-23H2,1-7H3,(H,34,38)/t30-/m0/s1. The van der Waals surface area contributed by atoms with Crippen LogP contribution in [0.1, 0.15) is 52.2 Å². The average Bonchev–Trinajstić information content (AvgIpc) is 2.95. The highest BCUT2D eigenvalue weighted by molar-refractivity contribution is 7.98. The molecule has 232 valence electrons. The van der Waals surface area contributed by atoms with Gasteiger partial charge in [-0.15, -0.1) is 11.8 Å². The van der Waals surface area contributed by atoms with E-state index in [0.29, 0.717) is 24.5 Å². The fourth-order valence-corrected chi connectivity index (χ4v) is 6.48. The summed E-state index contributed by atoms with van der Waals surface area (Å²) in [5.41, 5.74) is 1.67. The van der Waals surface area contributed by atoms with E-state index >= 15 is 0 Å². The van der Waals surface area contributed by atoms with Crippen LogP contribution in [0, 0.1) is 6.92 Å². The zero-order valence-electron chi connectivity index (χ0n) is 26.1. The Morgan fingerprint density at radius 1 is 0.977 bits per heavy atom. The van der Waals surface area contributed by atoms with Gasteiger partial charge in [0, 0.05) is 17.0 Å². The van der Waals surface area contributed by atoms with Crippen LogP contribution in [0.3, 0.4) is 0 Å². The number of nitrogens with one attached hydrogen (secondary N) is 1. The minimum Gasteiger partial charge on any atom is -0.494 e. The summed E-state index contributed by atoms with van der Waals surface area (Å²) >= 11 is 1.51. The highest BCUT2D eigenvalue weighted by Crippen LogP contribution is 2.28. The number of benzene rings is 3. The molecule has 0 fully saturated rings. The molecule has 1 atom stereocenters. The molecule has 3 aromatic rings. The highest BCUT2D eigenvalue weighted by atomic mass is 32.2. The molecule has 43 heavy (non-hydrogen) atoms. The Balaban J connectivity index is 2.08. The number of carbonyl (C=O) groups excluding carboxylic acids is 2. The van der Waals surface area contributed by atoms with Crippen LogP contribution in [0.15, 0.2) is 82.6 Å². The molecule has 0 aliphatic heterocycles. The van der Waals surface area contributed by atoms with E-state index in [1.165, 1.54) is 16.7 Å². The van der Waals surface area contributed by atoms with Crippen LogP contribution in [-0.2, 0) is 26.2 Å². The first-order valence-electron chi connectivity index (χ1n) is 14.4. The van der Waals surface area contributed by atoms with Gasteiger partial charge in [0.05, 0.1) is 17.2 Å². The van der Waals surface area contributed by atoms with E-state index in [-0.39, 0.29) is 17.3 Å². The topological polar surface area (TPSA) is 96.0 Å². The Kier molecular flexibility index (Phi) is 11.7. The molecule has 0 heterocycles. The van der Waals surface area contributed by atoms with Gasteiger partial charge in [-0.1, -0.05) is 36.8 Å². The number of sulfonamides is 1. The van der Waals surface area contributed by atoms with Crippen molar-refractivity contribution in [3.05, 3.63) is 83.9 Å². The van der Waals surface area contributed by atoms with Crippen LogP contribution in [-0.4, -0.2) is 56.1 Å². The smallest absolute Gasteiger partial charge is 0.264 e. The van der Waals surface area contributed by atoms with Gasteiger partial charge in [-0.05, 0) is 101 Å². The van der Waals surface area contributed by atoms with Crippen molar-refractivity contribution in [3.8, 4) is 5.75 Å². The Morgan fingerprint density at radius 3 is 2.16 bits per heavy atom. The largest absolute Gasteiger partial charge is 0.494 e. The number of nitrogens with zero attached hydrogens (tertiary/aromatic N) is 2. The molecule has 3 rings (SSSR count). The number of hydrogen-bond acceptors (Lipinski definition) is 6. The highest BCUT2D eigenvalue weighted by Gasteiger charge is 2.34. The van der Waals surface area contributed by atoms with E-state index in [2.05, 4.69) is 5.32 Å². The number of hydrogen-bond donors (Lipinski definition) is 1. The SMILES string of the molecule is CCOc1ccc(N(CC(=O)N(Cc2cccc(C)c2)[C@@H](CC)C(=O)NC(C)(C)C)S(=O)(=O)c2ccc(SC)cc2)cc1. The van der Waals surface area contributed by atoms with Gasteiger partial charge >= 0.3 is 0 Å². The lowest BCUT2D eigenvalue weighted by Gasteiger charge is -2.35. The summed E-state index contributed by atoms with van der Waals surface area (Å²) in [4.78, 5) is 30.2. The van der Waals surface area contributed by atoms with E-state index < -0.39 is 34.1 Å². The summed E-state index contributed by atoms with van der Waals surface area (Å²) in [6, 6.07) is 20.1. The first kappa shape index (κ1) is 34.0. The van der Waals surface area contributed by atoms with E-state index in [4.69, 9.17) is 4.74 Å². The maximum absolute atomic E-state index is 14.2. The molecule has 0 unspecified atom stereocenters. The number of thioether (sulfide) groups is 1. The van der Waals surface area contributed by atoms with Crippen molar-refractivity contribution < 1.29 is 22.7 Å². The first-order valence-corrected chi connectivity index (χ1v) is 17.0. The second kappa shape index (κ2) is 14.8. The van der Waals surface area contributed by atoms with Crippen molar-refractivity contribution in [2.24, 2.45) is 0 Å². The molecule has 8 nitrogen and oxygen atoms in total. The first-order chi connectivity index (χ1) is 20.3.